The highest BCUT2D eigenvalue weighted by atomic mass is 35.5. The second-order valence-electron chi connectivity index (χ2n) is 3.61. The first-order valence-electron chi connectivity index (χ1n) is 5.08. The van der Waals surface area contributed by atoms with E-state index in [-0.39, 0.29) is 18.1 Å². The molecular weight excluding hydrogens is 226 g/mol. The van der Waals surface area contributed by atoms with Crippen LogP contribution in [-0.2, 0) is 16.0 Å². The van der Waals surface area contributed by atoms with Crippen molar-refractivity contribution < 1.29 is 9.59 Å². The van der Waals surface area contributed by atoms with E-state index < -0.39 is 0 Å². The third kappa shape index (κ3) is 4.94. The number of Topliss-reactive ketones (excluding diaryl/α,β-unsaturated/α-hetero) is 1. The summed E-state index contributed by atoms with van der Waals surface area (Å²) in [7, 11) is 0. The Labute approximate surface area is 99.8 Å². The van der Waals surface area contributed by atoms with Gasteiger partial charge in [-0.15, -0.1) is 0 Å². The quantitative estimate of drug-likeness (QED) is 0.799. The zero-order valence-corrected chi connectivity index (χ0v) is 9.88. The summed E-state index contributed by atoms with van der Waals surface area (Å²) in [5.74, 6) is -0.352. The van der Waals surface area contributed by atoms with Crippen molar-refractivity contribution >= 4 is 23.3 Å². The minimum Gasteiger partial charge on any atom is -0.355 e. The van der Waals surface area contributed by atoms with E-state index in [1.54, 1.807) is 6.07 Å². The predicted octanol–water partition coefficient (Wildman–Crippen LogP) is 1.98. The lowest BCUT2D eigenvalue weighted by Crippen LogP contribution is -2.27. The fraction of sp³-hybridized carbons (Fsp3) is 0.333. The molecular formula is C12H14ClNO2. The van der Waals surface area contributed by atoms with Crippen LogP contribution < -0.4 is 5.32 Å². The summed E-state index contributed by atoms with van der Waals surface area (Å²) in [6.45, 7) is 1.92. The zero-order valence-electron chi connectivity index (χ0n) is 9.13. The second-order valence-corrected chi connectivity index (χ2v) is 4.05. The Balaban J connectivity index is 2.30. The van der Waals surface area contributed by atoms with Crippen LogP contribution in [0.1, 0.15) is 18.9 Å². The van der Waals surface area contributed by atoms with Crippen LogP contribution in [-0.4, -0.2) is 18.2 Å². The number of benzene rings is 1. The van der Waals surface area contributed by atoms with Crippen LogP contribution in [0.2, 0.25) is 5.02 Å². The van der Waals surface area contributed by atoms with E-state index in [9.17, 15) is 9.59 Å². The van der Waals surface area contributed by atoms with E-state index in [4.69, 9.17) is 11.6 Å². The molecule has 0 aliphatic heterocycles. The van der Waals surface area contributed by atoms with Crippen molar-refractivity contribution in [3.05, 3.63) is 34.9 Å². The molecule has 0 fully saturated rings. The van der Waals surface area contributed by atoms with E-state index in [1.807, 2.05) is 18.2 Å². The van der Waals surface area contributed by atoms with Gasteiger partial charge >= 0.3 is 0 Å². The molecule has 16 heavy (non-hydrogen) atoms. The molecule has 4 heteroatoms. The van der Waals surface area contributed by atoms with Crippen molar-refractivity contribution in [1.29, 1.82) is 0 Å². The maximum absolute atomic E-state index is 11.2. The molecule has 0 bridgehead atoms. The highest BCUT2D eigenvalue weighted by Gasteiger charge is 2.03. The minimum absolute atomic E-state index is 0.0461. The Hall–Kier alpha value is -1.35. The third-order valence-corrected chi connectivity index (χ3v) is 2.27. The van der Waals surface area contributed by atoms with Crippen LogP contribution >= 0.6 is 11.6 Å². The molecule has 0 aliphatic carbocycles. The number of carbonyl (C=O) groups is 2. The summed E-state index contributed by atoms with van der Waals surface area (Å²) < 4.78 is 0. The highest BCUT2D eigenvalue weighted by Crippen LogP contribution is 2.10. The van der Waals surface area contributed by atoms with Crippen molar-refractivity contribution in [2.45, 2.75) is 19.8 Å². The number of hydrogen-bond donors (Lipinski definition) is 1. The lowest BCUT2D eigenvalue weighted by molar-refractivity contribution is -0.127. The predicted molar refractivity (Wildman–Crippen MR) is 63.5 cm³/mol. The normalized spacial score (nSPS) is 9.88. The highest BCUT2D eigenvalue weighted by molar-refractivity contribution is 6.30. The van der Waals surface area contributed by atoms with Gasteiger partial charge in [0.05, 0.1) is 6.42 Å². The number of amides is 1. The van der Waals surface area contributed by atoms with Gasteiger partial charge in [-0.3, -0.25) is 9.59 Å². The topological polar surface area (TPSA) is 46.2 Å². The van der Waals surface area contributed by atoms with Crippen LogP contribution in [0.25, 0.3) is 0 Å². The summed E-state index contributed by atoms with van der Waals surface area (Å²) in [6, 6.07) is 7.48. The van der Waals surface area contributed by atoms with Crippen LogP contribution in [0.3, 0.4) is 0 Å². The average molecular weight is 240 g/mol. The number of ketones is 1. The van der Waals surface area contributed by atoms with Gasteiger partial charge in [0, 0.05) is 11.6 Å². The Bertz CT molecular complexity index is 390. The fourth-order valence-electron chi connectivity index (χ4n) is 1.33. The van der Waals surface area contributed by atoms with Gasteiger partial charge < -0.3 is 5.32 Å². The molecule has 3 nitrogen and oxygen atoms in total. The number of carbonyl (C=O) groups excluding carboxylic acids is 2. The third-order valence-electron chi connectivity index (χ3n) is 2.03. The SMILES string of the molecule is CC(=O)CC(=O)NCCc1cccc(Cl)c1. The van der Waals surface area contributed by atoms with Gasteiger partial charge in [-0.05, 0) is 31.0 Å². The molecule has 1 rings (SSSR count). The average Bonchev–Trinajstić information content (AvgIpc) is 2.16. The molecule has 0 saturated heterocycles. The number of nitrogens with one attached hydrogen (secondary N) is 1. The molecule has 0 heterocycles. The number of hydrogen-bond acceptors (Lipinski definition) is 2. The van der Waals surface area contributed by atoms with Gasteiger partial charge in [-0.2, -0.15) is 0 Å². The first-order valence-corrected chi connectivity index (χ1v) is 5.46. The lowest BCUT2D eigenvalue weighted by atomic mass is 10.1. The summed E-state index contributed by atoms with van der Waals surface area (Å²) >= 11 is 5.82. The molecule has 0 spiro atoms. The lowest BCUT2D eigenvalue weighted by Gasteiger charge is -2.04. The zero-order chi connectivity index (χ0) is 12.0. The van der Waals surface area contributed by atoms with Gasteiger partial charge in [0.1, 0.15) is 5.78 Å². The first kappa shape index (κ1) is 12.7. The number of rotatable bonds is 5. The summed E-state index contributed by atoms with van der Waals surface area (Å²) in [4.78, 5) is 21.8. The summed E-state index contributed by atoms with van der Waals surface area (Å²) in [6.07, 6.45) is 0.666. The Morgan fingerprint density at radius 2 is 2.12 bits per heavy atom. The minimum atomic E-state index is -0.227. The van der Waals surface area contributed by atoms with Gasteiger partial charge in [0.25, 0.3) is 0 Å². The van der Waals surface area contributed by atoms with E-state index >= 15 is 0 Å². The van der Waals surface area contributed by atoms with E-state index in [1.165, 1.54) is 6.92 Å². The monoisotopic (exact) mass is 239 g/mol. The van der Waals surface area contributed by atoms with Crippen LogP contribution in [0, 0.1) is 0 Å². The molecule has 0 unspecified atom stereocenters. The molecule has 0 atom stereocenters. The van der Waals surface area contributed by atoms with Crippen molar-refractivity contribution in [2.24, 2.45) is 0 Å². The number of halogens is 1. The van der Waals surface area contributed by atoms with Gasteiger partial charge in [-0.25, -0.2) is 0 Å². The van der Waals surface area contributed by atoms with Crippen molar-refractivity contribution in [3.63, 3.8) is 0 Å². The van der Waals surface area contributed by atoms with Crippen LogP contribution in [0.5, 0.6) is 0 Å². The van der Waals surface area contributed by atoms with Crippen LogP contribution in [0.15, 0.2) is 24.3 Å². The van der Waals surface area contributed by atoms with Crippen molar-refractivity contribution in [3.8, 4) is 0 Å². The van der Waals surface area contributed by atoms with Gasteiger partial charge in [-0.1, -0.05) is 23.7 Å². The maximum Gasteiger partial charge on any atom is 0.227 e. The molecule has 0 saturated carbocycles. The summed E-state index contributed by atoms with van der Waals surface area (Å²) in [5.41, 5.74) is 1.07. The van der Waals surface area contributed by atoms with Crippen molar-refractivity contribution in [1.82, 2.24) is 5.32 Å². The smallest absolute Gasteiger partial charge is 0.227 e. The molecule has 1 aromatic carbocycles. The Morgan fingerprint density at radius 1 is 1.38 bits per heavy atom. The van der Waals surface area contributed by atoms with Gasteiger partial charge in [0.15, 0.2) is 0 Å². The Morgan fingerprint density at radius 3 is 2.75 bits per heavy atom. The second kappa shape index (κ2) is 6.28. The first-order chi connectivity index (χ1) is 7.58. The van der Waals surface area contributed by atoms with E-state index in [0.29, 0.717) is 18.0 Å². The molecule has 0 aliphatic rings. The standard InChI is InChI=1S/C12H14ClNO2/c1-9(15)7-12(16)14-6-5-10-3-2-4-11(13)8-10/h2-4,8H,5-7H2,1H3,(H,14,16). The molecule has 0 aromatic heterocycles. The van der Waals surface area contributed by atoms with E-state index in [2.05, 4.69) is 5.32 Å². The molecule has 86 valence electrons. The summed E-state index contributed by atoms with van der Waals surface area (Å²) in [5, 5.41) is 3.37. The van der Waals surface area contributed by atoms with Gasteiger partial charge in [0.2, 0.25) is 5.91 Å². The van der Waals surface area contributed by atoms with Crippen LogP contribution in [0.4, 0.5) is 0 Å². The maximum atomic E-state index is 11.2. The molecule has 1 amide bonds. The Kier molecular flexibility index (Phi) is 4.99. The molecule has 1 aromatic rings. The van der Waals surface area contributed by atoms with E-state index in [0.717, 1.165) is 5.56 Å². The fourth-order valence-corrected chi connectivity index (χ4v) is 1.54. The molecule has 1 N–H and O–H groups in total. The van der Waals surface area contributed by atoms with Crippen molar-refractivity contribution in [2.75, 3.05) is 6.54 Å². The largest absolute Gasteiger partial charge is 0.355 e. The molecule has 0 radical (unpaired) electrons.